The molecule has 0 aliphatic heterocycles. The van der Waals surface area contributed by atoms with Crippen LogP contribution in [0.15, 0.2) is 42.5 Å². The van der Waals surface area contributed by atoms with E-state index in [0.29, 0.717) is 18.0 Å². The lowest BCUT2D eigenvalue weighted by molar-refractivity contribution is -0.140. The van der Waals surface area contributed by atoms with Gasteiger partial charge in [-0.15, -0.1) is 0 Å². The van der Waals surface area contributed by atoms with Gasteiger partial charge in [0.05, 0.1) is 24.1 Å². The van der Waals surface area contributed by atoms with Crippen molar-refractivity contribution < 1.29 is 22.7 Å². The van der Waals surface area contributed by atoms with Crippen molar-refractivity contribution in [2.75, 3.05) is 30.8 Å². The molecule has 2 aromatic rings. The summed E-state index contributed by atoms with van der Waals surface area (Å²) in [4.78, 5) is 27.7. The molecule has 1 N–H and O–H groups in total. The second-order valence-corrected chi connectivity index (χ2v) is 11.4. The summed E-state index contributed by atoms with van der Waals surface area (Å²) in [5, 5.41) is 3.19. The zero-order chi connectivity index (χ0) is 27.6. The van der Waals surface area contributed by atoms with Gasteiger partial charge in [0.1, 0.15) is 11.8 Å². The number of methoxy groups -OCH3 is 1. The lowest BCUT2D eigenvalue weighted by atomic mass is 10.1. The van der Waals surface area contributed by atoms with Crippen molar-refractivity contribution in [3.63, 3.8) is 0 Å². The Labute approximate surface area is 226 Å². The first-order valence-electron chi connectivity index (χ1n) is 12.4. The molecule has 0 aliphatic carbocycles. The lowest BCUT2D eigenvalue weighted by Gasteiger charge is -2.29. The van der Waals surface area contributed by atoms with Gasteiger partial charge in [-0.2, -0.15) is 0 Å². The maximum Gasteiger partial charge on any atom is 0.242 e. The number of aryl methyl sites for hydroxylation is 1. The topological polar surface area (TPSA) is 96.0 Å². The fourth-order valence-corrected chi connectivity index (χ4v) is 5.15. The number of nitrogens with zero attached hydrogens (tertiary/aromatic N) is 2. The maximum atomic E-state index is 13.4. The first-order valence-corrected chi connectivity index (χ1v) is 14.6. The molecule has 0 aliphatic rings. The van der Waals surface area contributed by atoms with Gasteiger partial charge >= 0.3 is 0 Å². The van der Waals surface area contributed by atoms with Gasteiger partial charge in [0.2, 0.25) is 21.8 Å². The molecule has 0 bridgehead atoms. The summed E-state index contributed by atoms with van der Waals surface area (Å²) in [6.45, 7) is 6.66. The SMILES string of the molecule is CCCCNC(=O)C(C)N(Cc1cccc(C)c1)C(=O)CCCN(c1ccc(OC)c(Cl)c1)S(C)(=O)=O. The Morgan fingerprint density at radius 3 is 2.46 bits per heavy atom. The first kappa shape index (κ1) is 30.4. The molecule has 0 spiro atoms. The Bertz CT molecular complexity index is 1170. The summed E-state index contributed by atoms with van der Waals surface area (Å²) in [5.41, 5.74) is 2.38. The van der Waals surface area contributed by atoms with E-state index in [1.165, 1.54) is 17.5 Å². The highest BCUT2D eigenvalue weighted by molar-refractivity contribution is 7.92. The van der Waals surface area contributed by atoms with Crippen molar-refractivity contribution in [2.45, 2.75) is 59.0 Å². The maximum absolute atomic E-state index is 13.4. The fourth-order valence-electron chi connectivity index (χ4n) is 3.94. The minimum absolute atomic E-state index is 0.0777. The van der Waals surface area contributed by atoms with E-state index in [1.807, 2.05) is 38.1 Å². The molecule has 10 heteroatoms. The number of carbonyl (C=O) groups is 2. The summed E-state index contributed by atoms with van der Waals surface area (Å²) < 4.78 is 31.4. The van der Waals surface area contributed by atoms with Crippen molar-refractivity contribution in [1.82, 2.24) is 10.2 Å². The average molecular weight is 552 g/mol. The quantitative estimate of drug-likeness (QED) is 0.348. The standard InChI is InChI=1S/C27H38ClN3O5S/c1-6-7-15-29-27(33)21(3)30(19-22-11-8-10-20(2)17-22)26(32)12-9-16-31(37(5,34)35)23-13-14-25(36-4)24(28)18-23/h8,10-11,13-14,17-18,21H,6-7,9,12,15-16,19H2,1-5H3,(H,29,33). The number of hydrogen-bond donors (Lipinski definition) is 1. The lowest BCUT2D eigenvalue weighted by Crippen LogP contribution is -2.48. The third-order valence-electron chi connectivity index (χ3n) is 6.01. The number of anilines is 1. The molecule has 1 atom stereocenters. The predicted molar refractivity (Wildman–Crippen MR) is 149 cm³/mol. The molecule has 0 radical (unpaired) electrons. The van der Waals surface area contributed by atoms with E-state index in [2.05, 4.69) is 5.32 Å². The third kappa shape index (κ3) is 9.23. The molecule has 2 aromatic carbocycles. The zero-order valence-corrected chi connectivity index (χ0v) is 23.9. The Morgan fingerprint density at radius 2 is 1.86 bits per heavy atom. The number of hydrogen-bond acceptors (Lipinski definition) is 5. The summed E-state index contributed by atoms with van der Waals surface area (Å²) >= 11 is 6.20. The van der Waals surface area contributed by atoms with Crippen molar-refractivity contribution in [3.8, 4) is 5.75 Å². The molecular weight excluding hydrogens is 514 g/mol. The largest absolute Gasteiger partial charge is 0.495 e. The van der Waals surface area contributed by atoms with E-state index in [9.17, 15) is 18.0 Å². The fraction of sp³-hybridized carbons (Fsp3) is 0.481. The van der Waals surface area contributed by atoms with Crippen LogP contribution in [0.5, 0.6) is 5.75 Å². The number of unbranched alkanes of at least 4 members (excludes halogenated alkanes) is 1. The molecule has 1 unspecified atom stereocenters. The number of sulfonamides is 1. The van der Waals surface area contributed by atoms with Crippen LogP contribution >= 0.6 is 11.6 Å². The number of benzene rings is 2. The normalized spacial score (nSPS) is 12.1. The van der Waals surface area contributed by atoms with Crippen LogP contribution in [0.4, 0.5) is 5.69 Å². The Balaban J connectivity index is 2.17. The second-order valence-electron chi connectivity index (χ2n) is 9.09. The van der Waals surface area contributed by atoms with Crippen LogP contribution in [0.3, 0.4) is 0 Å². The van der Waals surface area contributed by atoms with Crippen LogP contribution in [0, 0.1) is 6.92 Å². The van der Waals surface area contributed by atoms with Gasteiger partial charge in [-0.25, -0.2) is 8.42 Å². The van der Waals surface area contributed by atoms with Gasteiger partial charge in [0.25, 0.3) is 0 Å². The van der Waals surface area contributed by atoms with Crippen molar-refractivity contribution in [2.24, 2.45) is 0 Å². The van der Waals surface area contributed by atoms with Gasteiger partial charge < -0.3 is 15.0 Å². The Kier molecular flexibility index (Phi) is 11.7. The van der Waals surface area contributed by atoms with Gasteiger partial charge in [0, 0.05) is 26.1 Å². The summed E-state index contributed by atoms with van der Waals surface area (Å²) in [6, 6.07) is 11.9. The van der Waals surface area contributed by atoms with E-state index < -0.39 is 16.1 Å². The third-order valence-corrected chi connectivity index (χ3v) is 7.50. The average Bonchev–Trinajstić information content (AvgIpc) is 2.84. The van der Waals surface area contributed by atoms with Gasteiger partial charge in [0.15, 0.2) is 0 Å². The molecule has 0 saturated carbocycles. The number of ether oxygens (including phenoxy) is 1. The summed E-state index contributed by atoms with van der Waals surface area (Å²) in [5.74, 6) is 0.00740. The number of carbonyl (C=O) groups excluding carboxylic acids is 2. The van der Waals surface area contributed by atoms with Gasteiger partial charge in [-0.3, -0.25) is 13.9 Å². The highest BCUT2D eigenvalue weighted by Gasteiger charge is 2.26. The van der Waals surface area contributed by atoms with Crippen molar-refractivity contribution in [3.05, 3.63) is 58.6 Å². The highest BCUT2D eigenvalue weighted by atomic mass is 35.5. The molecule has 0 fully saturated rings. The number of amides is 2. The number of nitrogens with one attached hydrogen (secondary N) is 1. The molecule has 8 nitrogen and oxygen atoms in total. The first-order chi connectivity index (χ1) is 17.5. The minimum Gasteiger partial charge on any atom is -0.495 e. The van der Waals surface area contributed by atoms with Crippen LogP contribution < -0.4 is 14.4 Å². The smallest absolute Gasteiger partial charge is 0.242 e. The molecule has 2 rings (SSSR count). The van der Waals surface area contributed by atoms with Crippen molar-refractivity contribution in [1.29, 1.82) is 0 Å². The van der Waals surface area contributed by atoms with Crippen molar-refractivity contribution >= 4 is 39.1 Å². The van der Waals surface area contributed by atoms with E-state index in [-0.39, 0.29) is 42.8 Å². The van der Waals surface area contributed by atoms with Gasteiger partial charge in [-0.1, -0.05) is 54.8 Å². The van der Waals surface area contributed by atoms with E-state index >= 15 is 0 Å². The zero-order valence-electron chi connectivity index (χ0n) is 22.3. The van der Waals surface area contributed by atoms with Crippen LogP contribution in [0.1, 0.15) is 50.7 Å². The molecule has 0 saturated heterocycles. The number of rotatable bonds is 14. The minimum atomic E-state index is -3.62. The summed E-state index contributed by atoms with van der Waals surface area (Å²) in [6.07, 6.45) is 3.27. The monoisotopic (exact) mass is 551 g/mol. The molecule has 0 aromatic heterocycles. The number of halogens is 1. The summed E-state index contributed by atoms with van der Waals surface area (Å²) in [7, 11) is -2.14. The predicted octanol–water partition coefficient (Wildman–Crippen LogP) is 4.54. The van der Waals surface area contributed by atoms with E-state index in [0.717, 1.165) is 30.2 Å². The van der Waals surface area contributed by atoms with E-state index in [4.69, 9.17) is 16.3 Å². The van der Waals surface area contributed by atoms with Crippen LogP contribution in [-0.4, -0.2) is 57.6 Å². The Morgan fingerprint density at radius 1 is 1.14 bits per heavy atom. The molecule has 0 heterocycles. The second kappa shape index (κ2) is 14.2. The van der Waals surface area contributed by atoms with E-state index in [1.54, 1.807) is 24.0 Å². The molecule has 2 amide bonds. The van der Waals surface area contributed by atoms with Gasteiger partial charge in [-0.05, 0) is 50.5 Å². The Hall–Kier alpha value is -2.78. The molecule has 37 heavy (non-hydrogen) atoms. The van der Waals surface area contributed by atoms with Crippen LogP contribution in [0.25, 0.3) is 0 Å². The highest BCUT2D eigenvalue weighted by Crippen LogP contribution is 2.30. The van der Waals surface area contributed by atoms with Crippen LogP contribution in [-0.2, 0) is 26.2 Å². The van der Waals surface area contributed by atoms with Crippen LogP contribution in [0.2, 0.25) is 5.02 Å². The molecular formula is C27H38ClN3O5S. The molecule has 204 valence electrons.